The zero-order chi connectivity index (χ0) is 25.7. The number of amidine groups is 1. The van der Waals surface area contributed by atoms with Crippen molar-refractivity contribution >= 4 is 39.0 Å². The maximum Gasteiger partial charge on any atom is 0.573 e. The summed E-state index contributed by atoms with van der Waals surface area (Å²) in [6, 6.07) is 21.3. The van der Waals surface area contributed by atoms with Crippen LogP contribution in [0.1, 0.15) is 16.5 Å². The van der Waals surface area contributed by atoms with E-state index in [1.165, 1.54) is 29.5 Å². The molecule has 3 aromatic carbocycles. The molecule has 0 aliphatic carbocycles. The molecule has 0 fully saturated rings. The summed E-state index contributed by atoms with van der Waals surface area (Å²) in [5, 5.41) is 10.7. The van der Waals surface area contributed by atoms with Gasteiger partial charge in [-0.3, -0.25) is 10.7 Å². The minimum Gasteiger partial charge on any atom is -0.481 e. The van der Waals surface area contributed by atoms with E-state index >= 15 is 0 Å². The Balaban J connectivity index is 1.52. The number of carbonyl (C=O) groups is 1. The first kappa shape index (κ1) is 24.9. The van der Waals surface area contributed by atoms with Crippen LogP contribution < -0.4 is 20.5 Å². The molecular formula is C25H20F3N3O4S. The van der Waals surface area contributed by atoms with Crippen LogP contribution in [-0.4, -0.2) is 24.9 Å². The normalized spacial score (nSPS) is 12.1. The van der Waals surface area contributed by atoms with Gasteiger partial charge in [-0.05, 0) is 35.9 Å². The highest BCUT2D eigenvalue weighted by atomic mass is 32.1. The molecule has 0 aliphatic rings. The van der Waals surface area contributed by atoms with Gasteiger partial charge in [-0.25, -0.2) is 4.79 Å². The molecule has 1 unspecified atom stereocenters. The lowest BCUT2D eigenvalue weighted by Crippen LogP contribution is -2.22. The van der Waals surface area contributed by atoms with Crippen molar-refractivity contribution in [2.24, 2.45) is 5.73 Å². The highest BCUT2D eigenvalue weighted by Gasteiger charge is 2.32. The Hall–Kier alpha value is -4.25. The summed E-state index contributed by atoms with van der Waals surface area (Å²) in [7, 11) is 0. The average molecular weight is 516 g/mol. The quantitative estimate of drug-likeness (QED) is 0.185. The molecule has 4 aromatic rings. The predicted molar refractivity (Wildman–Crippen MR) is 131 cm³/mol. The van der Waals surface area contributed by atoms with Crippen molar-refractivity contribution in [2.45, 2.75) is 12.5 Å². The second-order valence-corrected chi connectivity index (χ2v) is 8.56. The Morgan fingerprint density at radius 2 is 1.69 bits per heavy atom. The lowest BCUT2D eigenvalue weighted by molar-refractivity contribution is -0.274. The Morgan fingerprint density at radius 1 is 1.00 bits per heavy atom. The molecule has 36 heavy (non-hydrogen) atoms. The zero-order valence-electron chi connectivity index (χ0n) is 18.5. The molecule has 1 amide bonds. The number of hydrogen-bond donors (Lipinski definition) is 3. The second-order valence-electron chi connectivity index (χ2n) is 7.48. The number of benzene rings is 3. The predicted octanol–water partition coefficient (Wildman–Crippen LogP) is 6.45. The van der Waals surface area contributed by atoms with Crippen molar-refractivity contribution < 1.29 is 32.2 Å². The standard InChI is InChI=1S/C25H20F3N3O4S/c26-25(27,28)35-19-10-5-4-9-17(19)31-24(32)33-14-20(15-7-2-1-3-8-15)34-18-11-6-12-21-16(18)13-22(36-21)23(29)30/h1-13,20H,14H2,(H3,29,30)(H,31,32). The van der Waals surface area contributed by atoms with E-state index in [2.05, 4.69) is 10.1 Å². The van der Waals surface area contributed by atoms with Crippen molar-refractivity contribution in [1.82, 2.24) is 0 Å². The van der Waals surface area contributed by atoms with Gasteiger partial charge in [0.25, 0.3) is 0 Å². The number of nitrogens with two attached hydrogens (primary N) is 1. The number of fused-ring (bicyclic) bond motifs is 1. The molecule has 4 rings (SSSR count). The number of rotatable bonds is 8. The summed E-state index contributed by atoms with van der Waals surface area (Å²) in [6.45, 7) is -0.238. The Labute approximate surface area is 207 Å². The highest BCUT2D eigenvalue weighted by molar-refractivity contribution is 7.20. The van der Waals surface area contributed by atoms with E-state index in [-0.39, 0.29) is 18.1 Å². The fourth-order valence-corrected chi connectivity index (χ4v) is 4.31. The molecule has 0 spiro atoms. The van der Waals surface area contributed by atoms with Gasteiger partial charge in [-0.15, -0.1) is 24.5 Å². The van der Waals surface area contributed by atoms with Crippen LogP contribution in [0.3, 0.4) is 0 Å². The van der Waals surface area contributed by atoms with E-state index < -0.39 is 24.3 Å². The van der Waals surface area contributed by atoms with E-state index in [0.29, 0.717) is 16.2 Å². The number of nitrogens with one attached hydrogen (secondary N) is 2. The number of carbonyl (C=O) groups excluding carboxylic acids is 1. The highest BCUT2D eigenvalue weighted by Crippen LogP contribution is 2.35. The van der Waals surface area contributed by atoms with Crippen LogP contribution in [0.15, 0.2) is 78.9 Å². The van der Waals surface area contributed by atoms with E-state index in [1.807, 2.05) is 12.1 Å². The van der Waals surface area contributed by atoms with Gasteiger partial charge in [-0.2, -0.15) is 0 Å². The second kappa shape index (κ2) is 10.6. The molecule has 11 heteroatoms. The molecule has 0 aliphatic heterocycles. The minimum absolute atomic E-state index is 0.0588. The molecule has 186 valence electrons. The van der Waals surface area contributed by atoms with Crippen molar-refractivity contribution in [3.63, 3.8) is 0 Å². The number of nitrogen functional groups attached to an aromatic ring is 1. The van der Waals surface area contributed by atoms with Gasteiger partial charge < -0.3 is 19.9 Å². The SMILES string of the molecule is N=C(N)c1cc2c(OC(COC(=O)Nc3ccccc3OC(F)(F)F)c3ccccc3)cccc2s1. The summed E-state index contributed by atoms with van der Waals surface area (Å²) >= 11 is 1.35. The molecule has 0 bridgehead atoms. The van der Waals surface area contributed by atoms with Gasteiger partial charge in [-0.1, -0.05) is 48.5 Å². The summed E-state index contributed by atoms with van der Waals surface area (Å²) in [5.74, 6) is -0.127. The molecule has 4 N–H and O–H groups in total. The molecule has 1 aromatic heterocycles. The van der Waals surface area contributed by atoms with Crippen LogP contribution in [0.2, 0.25) is 0 Å². The third-order valence-corrected chi connectivity index (χ3v) is 6.08. The summed E-state index contributed by atoms with van der Waals surface area (Å²) in [5.41, 5.74) is 6.14. The van der Waals surface area contributed by atoms with Crippen LogP contribution in [0.5, 0.6) is 11.5 Å². The number of hydrogen-bond acceptors (Lipinski definition) is 6. The number of halogens is 3. The molecule has 0 radical (unpaired) electrons. The van der Waals surface area contributed by atoms with Crippen LogP contribution in [0.4, 0.5) is 23.7 Å². The lowest BCUT2D eigenvalue weighted by Gasteiger charge is -2.20. The van der Waals surface area contributed by atoms with Crippen LogP contribution in [0.25, 0.3) is 10.1 Å². The Kier molecular flexibility index (Phi) is 7.30. The van der Waals surface area contributed by atoms with Crippen LogP contribution in [-0.2, 0) is 4.74 Å². The van der Waals surface area contributed by atoms with Gasteiger partial charge >= 0.3 is 12.5 Å². The minimum atomic E-state index is -4.92. The topological polar surface area (TPSA) is 107 Å². The third-order valence-electron chi connectivity index (χ3n) is 4.94. The summed E-state index contributed by atoms with van der Waals surface area (Å²) in [6.07, 6.45) is -6.63. The average Bonchev–Trinajstić information content (AvgIpc) is 3.28. The molecule has 1 atom stereocenters. The third kappa shape index (κ3) is 6.25. The smallest absolute Gasteiger partial charge is 0.481 e. The van der Waals surface area contributed by atoms with E-state index in [4.69, 9.17) is 20.6 Å². The van der Waals surface area contributed by atoms with Gasteiger partial charge in [0.2, 0.25) is 0 Å². The van der Waals surface area contributed by atoms with E-state index in [1.54, 1.807) is 42.5 Å². The monoisotopic (exact) mass is 515 g/mol. The van der Waals surface area contributed by atoms with Gasteiger partial charge in [0.1, 0.15) is 18.2 Å². The molecule has 7 nitrogen and oxygen atoms in total. The van der Waals surface area contributed by atoms with Crippen molar-refractivity contribution in [2.75, 3.05) is 11.9 Å². The first-order chi connectivity index (χ1) is 17.2. The molecule has 0 saturated heterocycles. The van der Waals surface area contributed by atoms with E-state index in [9.17, 15) is 18.0 Å². The molecule has 0 saturated carbocycles. The lowest BCUT2D eigenvalue weighted by atomic mass is 10.1. The fourth-order valence-electron chi connectivity index (χ4n) is 3.37. The van der Waals surface area contributed by atoms with Gasteiger partial charge in [0, 0.05) is 10.1 Å². The van der Waals surface area contributed by atoms with E-state index in [0.717, 1.165) is 16.2 Å². The zero-order valence-corrected chi connectivity index (χ0v) is 19.4. The van der Waals surface area contributed by atoms with Gasteiger partial charge in [0.15, 0.2) is 11.9 Å². The Bertz CT molecular complexity index is 1380. The van der Waals surface area contributed by atoms with Crippen molar-refractivity contribution in [3.05, 3.63) is 89.3 Å². The van der Waals surface area contributed by atoms with Crippen LogP contribution in [0, 0.1) is 5.41 Å². The first-order valence-electron chi connectivity index (χ1n) is 10.6. The number of thiophene rings is 1. The number of ether oxygens (including phenoxy) is 3. The molecular weight excluding hydrogens is 495 g/mol. The Morgan fingerprint density at radius 3 is 2.42 bits per heavy atom. The fraction of sp³-hybridized carbons (Fsp3) is 0.120. The summed E-state index contributed by atoms with van der Waals surface area (Å²) < 4.78 is 54.3. The largest absolute Gasteiger partial charge is 0.573 e. The summed E-state index contributed by atoms with van der Waals surface area (Å²) in [4.78, 5) is 13.0. The number of anilines is 1. The molecule has 1 heterocycles. The maximum absolute atomic E-state index is 12.7. The first-order valence-corrected chi connectivity index (χ1v) is 11.4. The number of alkyl halides is 3. The maximum atomic E-state index is 12.7. The number of para-hydroxylation sites is 2. The van der Waals surface area contributed by atoms with Gasteiger partial charge in [0.05, 0.1) is 10.6 Å². The van der Waals surface area contributed by atoms with Crippen molar-refractivity contribution in [3.8, 4) is 11.5 Å². The van der Waals surface area contributed by atoms with Crippen molar-refractivity contribution in [1.29, 1.82) is 5.41 Å². The van der Waals surface area contributed by atoms with Crippen LogP contribution >= 0.6 is 11.3 Å². The number of amides is 1.